The average molecular weight is 516 g/mol. The third-order valence-electron chi connectivity index (χ3n) is 6.25. The molecule has 8 heteroatoms. The molecule has 2 aromatic heterocycles. The van der Waals surface area contributed by atoms with E-state index in [0.29, 0.717) is 38.8 Å². The summed E-state index contributed by atoms with van der Waals surface area (Å²) in [5, 5.41) is 0.851. The van der Waals surface area contributed by atoms with Gasteiger partial charge in [-0.1, -0.05) is 29.3 Å². The number of fused-ring (bicyclic) bond motifs is 1. The van der Waals surface area contributed by atoms with Gasteiger partial charge in [-0.15, -0.1) is 0 Å². The molecule has 6 nitrogen and oxygen atoms in total. The Morgan fingerprint density at radius 1 is 1.08 bits per heavy atom. The number of nitrogens with zero attached hydrogens (tertiary/aromatic N) is 3. The predicted octanol–water partition coefficient (Wildman–Crippen LogP) is 6.48. The van der Waals surface area contributed by atoms with Crippen LogP contribution in [0.4, 0.5) is 4.39 Å². The molecule has 1 amide bonds. The normalized spacial score (nSPS) is 12.0. The third kappa shape index (κ3) is 4.90. The number of rotatable bonds is 6. The fraction of sp³-hybridized carbons (Fsp3) is 0.138. The van der Waals surface area contributed by atoms with Crippen LogP contribution in [-0.4, -0.2) is 20.4 Å². The summed E-state index contributed by atoms with van der Waals surface area (Å²) in [6.07, 6.45) is 1.53. The van der Waals surface area contributed by atoms with Crippen LogP contribution in [0.5, 0.6) is 0 Å². The number of amides is 1. The molecule has 0 spiro atoms. The van der Waals surface area contributed by atoms with Gasteiger partial charge in [0.1, 0.15) is 17.4 Å². The Labute approximate surface area is 217 Å². The van der Waals surface area contributed by atoms with Crippen molar-refractivity contribution in [2.45, 2.75) is 26.4 Å². The summed E-state index contributed by atoms with van der Waals surface area (Å²) in [4.78, 5) is 33.9. The molecule has 3 aromatic carbocycles. The van der Waals surface area contributed by atoms with Crippen LogP contribution in [0.25, 0.3) is 16.6 Å². The summed E-state index contributed by atoms with van der Waals surface area (Å²) in [6.45, 7) is 3.87. The molecule has 1 atom stereocenters. The zero-order chi connectivity index (χ0) is 26.1. The van der Waals surface area contributed by atoms with Crippen molar-refractivity contribution in [3.63, 3.8) is 0 Å². The van der Waals surface area contributed by atoms with Gasteiger partial charge < -0.3 is 9.32 Å². The molecule has 37 heavy (non-hydrogen) atoms. The highest BCUT2D eigenvalue weighted by Crippen LogP contribution is 2.27. The van der Waals surface area contributed by atoms with Gasteiger partial charge in [0, 0.05) is 10.6 Å². The molecule has 0 bridgehead atoms. The lowest BCUT2D eigenvalue weighted by molar-refractivity contribution is 0.0648. The van der Waals surface area contributed by atoms with Gasteiger partial charge in [0.05, 0.1) is 35.4 Å². The average Bonchev–Trinajstić information content (AvgIpc) is 3.41. The lowest BCUT2D eigenvalue weighted by Crippen LogP contribution is -2.37. The molecular weight excluding hydrogens is 493 g/mol. The van der Waals surface area contributed by atoms with E-state index in [1.54, 1.807) is 42.2 Å². The summed E-state index contributed by atoms with van der Waals surface area (Å²) in [5.41, 5.74) is 2.11. The minimum atomic E-state index is -0.681. The van der Waals surface area contributed by atoms with Crippen LogP contribution in [-0.2, 0) is 6.54 Å². The second-order valence-corrected chi connectivity index (χ2v) is 9.24. The van der Waals surface area contributed by atoms with Crippen LogP contribution < -0.4 is 5.56 Å². The number of halogens is 2. The smallest absolute Gasteiger partial charge is 0.266 e. The predicted molar refractivity (Wildman–Crippen MR) is 140 cm³/mol. The van der Waals surface area contributed by atoms with Gasteiger partial charge in [0.15, 0.2) is 0 Å². The molecule has 0 aliphatic heterocycles. The van der Waals surface area contributed by atoms with Crippen LogP contribution >= 0.6 is 11.6 Å². The maximum absolute atomic E-state index is 13.8. The van der Waals surface area contributed by atoms with Gasteiger partial charge in [0.25, 0.3) is 11.5 Å². The van der Waals surface area contributed by atoms with E-state index in [9.17, 15) is 14.0 Å². The Bertz CT molecular complexity index is 1630. The largest absolute Gasteiger partial charge is 0.467 e. The molecule has 186 valence electrons. The van der Waals surface area contributed by atoms with Crippen molar-refractivity contribution in [1.82, 2.24) is 14.5 Å². The van der Waals surface area contributed by atoms with Crippen molar-refractivity contribution in [1.29, 1.82) is 0 Å². The zero-order valence-electron chi connectivity index (χ0n) is 20.2. The van der Waals surface area contributed by atoms with E-state index in [1.807, 2.05) is 31.2 Å². The topological polar surface area (TPSA) is 68.3 Å². The fourth-order valence-electron chi connectivity index (χ4n) is 4.25. The molecule has 0 saturated heterocycles. The maximum atomic E-state index is 13.8. The lowest BCUT2D eigenvalue weighted by atomic mass is 10.1. The molecule has 0 saturated carbocycles. The van der Waals surface area contributed by atoms with Gasteiger partial charge in [-0.2, -0.15) is 0 Å². The number of hydrogen-bond acceptors (Lipinski definition) is 4. The monoisotopic (exact) mass is 515 g/mol. The first-order valence-electron chi connectivity index (χ1n) is 11.7. The van der Waals surface area contributed by atoms with Crippen LogP contribution in [0.15, 0.2) is 94.3 Å². The highest BCUT2D eigenvalue weighted by molar-refractivity contribution is 6.31. The fourth-order valence-corrected chi connectivity index (χ4v) is 4.42. The summed E-state index contributed by atoms with van der Waals surface area (Å²) in [7, 11) is 0. The molecule has 0 aliphatic carbocycles. The van der Waals surface area contributed by atoms with Crippen molar-refractivity contribution in [3.05, 3.63) is 129 Å². The molecule has 5 aromatic rings. The van der Waals surface area contributed by atoms with Crippen LogP contribution in [0.3, 0.4) is 0 Å². The Kier molecular flexibility index (Phi) is 6.63. The minimum Gasteiger partial charge on any atom is -0.467 e. The standard InChI is InChI=1S/C29H23ClFN3O3/c1-18-5-12-23(13-6-18)34-27(32-26-16-21(30)9-14-25(26)29(34)36)19(2)33(17-24-4-3-15-37-24)28(35)20-7-10-22(31)11-8-20/h3-16,19H,17H2,1-2H3. The molecule has 0 radical (unpaired) electrons. The van der Waals surface area contributed by atoms with Crippen molar-refractivity contribution in [3.8, 4) is 5.69 Å². The molecule has 2 heterocycles. The number of carbonyl (C=O) groups is 1. The van der Waals surface area contributed by atoms with Crippen LogP contribution in [0, 0.1) is 12.7 Å². The van der Waals surface area contributed by atoms with Gasteiger partial charge in [-0.05, 0) is 80.6 Å². The number of carbonyl (C=O) groups excluding carboxylic acids is 1. The van der Waals surface area contributed by atoms with E-state index < -0.39 is 11.9 Å². The molecular formula is C29H23ClFN3O3. The third-order valence-corrected chi connectivity index (χ3v) is 6.48. The second kappa shape index (κ2) is 10.0. The first-order valence-corrected chi connectivity index (χ1v) is 12.1. The Hall–Kier alpha value is -4.23. The van der Waals surface area contributed by atoms with Crippen molar-refractivity contribution < 1.29 is 13.6 Å². The number of aryl methyl sites for hydroxylation is 1. The van der Waals surface area contributed by atoms with E-state index in [0.717, 1.165) is 5.56 Å². The van der Waals surface area contributed by atoms with Crippen LogP contribution in [0.2, 0.25) is 5.02 Å². The Morgan fingerprint density at radius 3 is 2.49 bits per heavy atom. The number of aromatic nitrogens is 2. The van der Waals surface area contributed by atoms with E-state index in [-0.39, 0.29) is 18.0 Å². The van der Waals surface area contributed by atoms with E-state index in [2.05, 4.69) is 0 Å². The Balaban J connectivity index is 1.71. The summed E-state index contributed by atoms with van der Waals surface area (Å²) < 4.78 is 20.6. The van der Waals surface area contributed by atoms with Crippen molar-refractivity contribution >= 4 is 28.4 Å². The number of hydrogen-bond donors (Lipinski definition) is 0. The molecule has 0 fully saturated rings. The lowest BCUT2D eigenvalue weighted by Gasteiger charge is -2.30. The molecule has 0 N–H and O–H groups in total. The highest BCUT2D eigenvalue weighted by atomic mass is 35.5. The SMILES string of the molecule is Cc1ccc(-n2c(C(C)N(Cc3ccco3)C(=O)c3ccc(F)cc3)nc3cc(Cl)ccc3c2=O)cc1. The van der Waals surface area contributed by atoms with E-state index >= 15 is 0 Å². The van der Waals surface area contributed by atoms with Gasteiger partial charge in [-0.3, -0.25) is 14.2 Å². The zero-order valence-corrected chi connectivity index (χ0v) is 20.9. The Morgan fingerprint density at radius 2 is 1.81 bits per heavy atom. The van der Waals surface area contributed by atoms with Gasteiger partial charge in [-0.25, -0.2) is 9.37 Å². The summed E-state index contributed by atoms with van der Waals surface area (Å²) in [5.74, 6) is 0.101. The first-order chi connectivity index (χ1) is 17.8. The van der Waals surface area contributed by atoms with E-state index in [4.69, 9.17) is 21.0 Å². The molecule has 5 rings (SSSR count). The molecule has 0 aliphatic rings. The quantitative estimate of drug-likeness (QED) is 0.259. The van der Waals surface area contributed by atoms with Crippen molar-refractivity contribution in [2.75, 3.05) is 0 Å². The molecule has 1 unspecified atom stereocenters. The van der Waals surface area contributed by atoms with Crippen molar-refractivity contribution in [2.24, 2.45) is 0 Å². The van der Waals surface area contributed by atoms with Gasteiger partial charge in [0.2, 0.25) is 0 Å². The number of benzene rings is 3. The second-order valence-electron chi connectivity index (χ2n) is 8.80. The van der Waals surface area contributed by atoms with Crippen LogP contribution in [0.1, 0.15) is 40.5 Å². The highest BCUT2D eigenvalue weighted by Gasteiger charge is 2.28. The first kappa shape index (κ1) is 24.5. The summed E-state index contributed by atoms with van der Waals surface area (Å²) >= 11 is 6.22. The maximum Gasteiger partial charge on any atom is 0.266 e. The minimum absolute atomic E-state index is 0.113. The van der Waals surface area contributed by atoms with E-state index in [1.165, 1.54) is 35.1 Å². The summed E-state index contributed by atoms with van der Waals surface area (Å²) in [6, 6.07) is 20.6. The number of furan rings is 1. The van der Waals surface area contributed by atoms with Gasteiger partial charge >= 0.3 is 0 Å².